The second-order valence-corrected chi connectivity index (χ2v) is 9.85. The first-order valence-corrected chi connectivity index (χ1v) is 12.6. The molecule has 0 amide bonds. The van der Waals surface area contributed by atoms with Crippen molar-refractivity contribution in [2.75, 3.05) is 14.2 Å². The Morgan fingerprint density at radius 1 is 1.00 bits per heavy atom. The molecule has 0 unspecified atom stereocenters. The summed E-state index contributed by atoms with van der Waals surface area (Å²) in [7, 11) is 2.91. The predicted molar refractivity (Wildman–Crippen MR) is 144 cm³/mol. The van der Waals surface area contributed by atoms with Crippen molar-refractivity contribution in [3.63, 3.8) is 0 Å². The van der Waals surface area contributed by atoms with E-state index in [2.05, 4.69) is 46.3 Å². The largest absolute Gasteiger partial charge is 0.493 e. The number of nitrogens with zero attached hydrogens (tertiary/aromatic N) is 2. The van der Waals surface area contributed by atoms with Crippen molar-refractivity contribution in [1.29, 1.82) is 0 Å². The molecule has 1 N–H and O–H groups in total. The maximum absolute atomic E-state index is 12.5. The highest BCUT2D eigenvalue weighted by Gasteiger charge is 2.43. The Morgan fingerprint density at radius 3 is 2.57 bits per heavy atom. The molecular formula is C29H23BrN2O5. The van der Waals surface area contributed by atoms with Gasteiger partial charge in [-0.2, -0.15) is 5.10 Å². The molecule has 0 spiro atoms. The number of hydrazone groups is 1. The highest BCUT2D eigenvalue weighted by Crippen LogP contribution is 2.50. The number of aromatic carboxylic acids is 1. The van der Waals surface area contributed by atoms with Crippen molar-refractivity contribution < 1.29 is 24.1 Å². The van der Waals surface area contributed by atoms with Crippen LogP contribution in [0.15, 0.2) is 82.4 Å². The fourth-order valence-electron chi connectivity index (χ4n) is 5.18. The number of halogens is 1. The van der Waals surface area contributed by atoms with Gasteiger partial charge in [-0.05, 0) is 52.7 Å². The van der Waals surface area contributed by atoms with Crippen molar-refractivity contribution >= 4 is 38.4 Å². The highest BCUT2D eigenvalue weighted by atomic mass is 79.9. The van der Waals surface area contributed by atoms with Gasteiger partial charge in [0, 0.05) is 22.0 Å². The van der Waals surface area contributed by atoms with Gasteiger partial charge in [0.2, 0.25) is 6.23 Å². The first-order valence-electron chi connectivity index (χ1n) is 11.8. The molecule has 0 fully saturated rings. The molecule has 2 atom stereocenters. The van der Waals surface area contributed by atoms with Gasteiger partial charge in [-0.15, -0.1) is 0 Å². The van der Waals surface area contributed by atoms with Gasteiger partial charge in [-0.1, -0.05) is 52.3 Å². The van der Waals surface area contributed by atoms with Crippen LogP contribution in [0.4, 0.5) is 0 Å². The van der Waals surface area contributed by atoms with E-state index >= 15 is 0 Å². The second kappa shape index (κ2) is 9.12. The van der Waals surface area contributed by atoms with Gasteiger partial charge in [0.15, 0.2) is 11.5 Å². The van der Waals surface area contributed by atoms with Crippen LogP contribution in [-0.2, 0) is 0 Å². The standard InChI is InChI=1S/C29H23BrN2O5/c1-35-25-12-10-20(26(29(33)34)27(25)36-2)28-32-23(21-14-19(30)9-11-24(21)37-28)15-22(31-32)18-8-7-16-5-3-4-6-17(16)13-18/h3-14,23,28H,15H2,1-2H3,(H,33,34)/t23-,28-/m0/s1. The van der Waals surface area contributed by atoms with E-state index in [1.807, 2.05) is 35.3 Å². The summed E-state index contributed by atoms with van der Waals surface area (Å²) in [5, 5.41) is 19.4. The molecule has 186 valence electrons. The number of benzene rings is 4. The van der Waals surface area contributed by atoms with E-state index in [1.165, 1.54) is 14.2 Å². The third-order valence-corrected chi connectivity index (χ3v) is 7.39. The lowest BCUT2D eigenvalue weighted by Gasteiger charge is -2.38. The smallest absolute Gasteiger partial charge is 0.340 e. The molecule has 0 aromatic heterocycles. The third kappa shape index (κ3) is 3.88. The lowest BCUT2D eigenvalue weighted by Crippen LogP contribution is -2.34. The Bertz CT molecular complexity index is 1580. The van der Waals surface area contributed by atoms with E-state index in [-0.39, 0.29) is 17.4 Å². The molecule has 4 aromatic carbocycles. The minimum absolute atomic E-state index is 0.0134. The van der Waals surface area contributed by atoms with E-state index in [9.17, 15) is 9.90 Å². The van der Waals surface area contributed by atoms with E-state index in [0.29, 0.717) is 23.5 Å². The first kappa shape index (κ1) is 23.4. The van der Waals surface area contributed by atoms with Gasteiger partial charge < -0.3 is 19.3 Å². The normalized spacial score (nSPS) is 18.0. The SMILES string of the molecule is COc1ccc([C@@H]2Oc3ccc(Br)cc3[C@@H]3CC(c4ccc5ccccc5c4)=NN32)c(C(=O)O)c1OC. The van der Waals surface area contributed by atoms with Crippen molar-refractivity contribution in [3.05, 3.63) is 99.5 Å². The van der Waals surface area contributed by atoms with E-state index in [1.54, 1.807) is 12.1 Å². The lowest BCUT2D eigenvalue weighted by molar-refractivity contribution is -0.0199. The molecule has 8 heteroatoms. The number of rotatable bonds is 5. The number of carboxylic acid groups (broad SMARTS) is 1. The first-order chi connectivity index (χ1) is 18.0. The Kier molecular flexibility index (Phi) is 5.76. The molecule has 6 rings (SSSR count). The highest BCUT2D eigenvalue weighted by molar-refractivity contribution is 9.10. The Balaban J connectivity index is 1.51. The predicted octanol–water partition coefficient (Wildman–Crippen LogP) is 6.56. The van der Waals surface area contributed by atoms with Crippen LogP contribution in [0.2, 0.25) is 0 Å². The maximum Gasteiger partial charge on any atom is 0.340 e. The maximum atomic E-state index is 12.5. The average molecular weight is 559 g/mol. The molecule has 37 heavy (non-hydrogen) atoms. The van der Waals surface area contributed by atoms with Crippen LogP contribution in [0.3, 0.4) is 0 Å². The van der Waals surface area contributed by atoms with E-state index in [0.717, 1.165) is 32.1 Å². The van der Waals surface area contributed by atoms with Gasteiger partial charge in [-0.25, -0.2) is 9.80 Å². The summed E-state index contributed by atoms with van der Waals surface area (Å²) in [6.07, 6.45) is -0.125. The molecule has 0 saturated heterocycles. The minimum Gasteiger partial charge on any atom is -0.493 e. The topological polar surface area (TPSA) is 80.6 Å². The Hall–Kier alpha value is -4.04. The average Bonchev–Trinajstić information content (AvgIpc) is 3.37. The van der Waals surface area contributed by atoms with Crippen molar-refractivity contribution in [3.8, 4) is 17.2 Å². The lowest BCUT2D eigenvalue weighted by atomic mass is 9.94. The number of methoxy groups -OCH3 is 2. The molecule has 2 heterocycles. The summed E-state index contributed by atoms with van der Waals surface area (Å²) >= 11 is 3.58. The number of fused-ring (bicyclic) bond motifs is 4. The van der Waals surface area contributed by atoms with Crippen molar-refractivity contribution in [2.45, 2.75) is 18.7 Å². The number of ether oxygens (including phenoxy) is 3. The fourth-order valence-corrected chi connectivity index (χ4v) is 5.55. The molecule has 2 aliphatic heterocycles. The summed E-state index contributed by atoms with van der Waals surface area (Å²) in [4.78, 5) is 12.5. The van der Waals surface area contributed by atoms with Crippen molar-refractivity contribution in [2.24, 2.45) is 5.10 Å². The number of hydrogen-bond donors (Lipinski definition) is 1. The van der Waals surface area contributed by atoms with Crippen LogP contribution < -0.4 is 14.2 Å². The van der Waals surface area contributed by atoms with Crippen LogP contribution in [-0.4, -0.2) is 36.0 Å². The number of hydrogen-bond acceptors (Lipinski definition) is 6. The van der Waals surface area contributed by atoms with Gasteiger partial charge >= 0.3 is 5.97 Å². The van der Waals surface area contributed by atoms with Gasteiger partial charge in [-0.3, -0.25) is 0 Å². The van der Waals surface area contributed by atoms with Crippen LogP contribution in [0.25, 0.3) is 10.8 Å². The zero-order chi connectivity index (χ0) is 25.7. The molecule has 7 nitrogen and oxygen atoms in total. The van der Waals surface area contributed by atoms with Crippen LogP contribution in [0.1, 0.15) is 45.7 Å². The van der Waals surface area contributed by atoms with Crippen molar-refractivity contribution in [1.82, 2.24) is 5.01 Å². The zero-order valence-electron chi connectivity index (χ0n) is 20.1. The molecule has 0 saturated carbocycles. The quantitative estimate of drug-likeness (QED) is 0.298. The summed E-state index contributed by atoms with van der Waals surface area (Å²) < 4.78 is 18.2. The number of carbonyl (C=O) groups is 1. The van der Waals surface area contributed by atoms with E-state index < -0.39 is 12.2 Å². The van der Waals surface area contributed by atoms with Crippen LogP contribution in [0.5, 0.6) is 17.2 Å². The summed E-state index contributed by atoms with van der Waals surface area (Å²) in [5.41, 5.74) is 3.35. The van der Waals surface area contributed by atoms with Crippen LogP contribution >= 0.6 is 15.9 Å². The second-order valence-electron chi connectivity index (χ2n) is 8.93. The summed E-state index contributed by atoms with van der Waals surface area (Å²) in [6, 6.07) is 23.7. The number of carboxylic acids is 1. The summed E-state index contributed by atoms with van der Waals surface area (Å²) in [6.45, 7) is 0. The van der Waals surface area contributed by atoms with Crippen LogP contribution in [0, 0.1) is 0 Å². The molecule has 0 bridgehead atoms. The zero-order valence-corrected chi connectivity index (χ0v) is 21.7. The van der Waals surface area contributed by atoms with Gasteiger partial charge in [0.05, 0.1) is 26.0 Å². The summed E-state index contributed by atoms with van der Waals surface area (Å²) in [5.74, 6) is 0.0373. The van der Waals surface area contributed by atoms with Gasteiger partial charge in [0.1, 0.15) is 11.3 Å². The van der Waals surface area contributed by atoms with Gasteiger partial charge in [0.25, 0.3) is 0 Å². The molecule has 0 aliphatic carbocycles. The molecule has 2 aliphatic rings. The molecule has 4 aromatic rings. The Labute approximate surface area is 222 Å². The monoisotopic (exact) mass is 558 g/mol. The minimum atomic E-state index is -1.13. The molecular weight excluding hydrogens is 536 g/mol. The molecule has 0 radical (unpaired) electrons. The van der Waals surface area contributed by atoms with E-state index in [4.69, 9.17) is 19.3 Å². The Morgan fingerprint density at radius 2 is 1.81 bits per heavy atom. The fraction of sp³-hybridized carbons (Fsp3) is 0.172. The third-order valence-electron chi connectivity index (χ3n) is 6.89.